The Hall–Kier alpha value is -0.720. The molecule has 0 saturated heterocycles. The van der Waals surface area contributed by atoms with Crippen molar-refractivity contribution in [1.29, 1.82) is 0 Å². The average Bonchev–Trinajstić information content (AvgIpc) is 2.55. The summed E-state index contributed by atoms with van der Waals surface area (Å²) in [6, 6.07) is 0. The summed E-state index contributed by atoms with van der Waals surface area (Å²) in [6.45, 7) is 1.44. The van der Waals surface area contributed by atoms with Gasteiger partial charge in [0.2, 0.25) is 0 Å². The lowest BCUT2D eigenvalue weighted by atomic mass is 10.3. The van der Waals surface area contributed by atoms with Gasteiger partial charge in [0.15, 0.2) is 12.4 Å². The van der Waals surface area contributed by atoms with Gasteiger partial charge in [-0.05, 0) is 30.0 Å². The smallest absolute Gasteiger partial charge is 0.154 e. The van der Waals surface area contributed by atoms with Gasteiger partial charge in [-0.25, -0.2) is 0 Å². The molecule has 1 heterocycles. The SMILES string of the molecule is CN(C)CCn1ncc(Br)c1C(O)C=O. The monoisotopic (exact) mass is 275 g/mol. The van der Waals surface area contributed by atoms with Crippen molar-refractivity contribution >= 4 is 22.2 Å². The maximum atomic E-state index is 10.5. The average molecular weight is 276 g/mol. The van der Waals surface area contributed by atoms with Crippen LogP contribution in [-0.2, 0) is 11.3 Å². The summed E-state index contributed by atoms with van der Waals surface area (Å²) in [6.07, 6.45) is 0.954. The lowest BCUT2D eigenvalue weighted by Gasteiger charge is -2.13. The molecule has 0 saturated carbocycles. The molecule has 1 rings (SSSR count). The minimum absolute atomic E-state index is 0.494. The molecule has 5 nitrogen and oxygen atoms in total. The molecule has 0 aliphatic heterocycles. The predicted octanol–water partition coefficient (Wildman–Crippen LogP) is 0.439. The molecule has 0 aliphatic rings. The van der Waals surface area contributed by atoms with Crippen molar-refractivity contribution in [3.63, 3.8) is 0 Å². The number of hydrogen-bond donors (Lipinski definition) is 1. The van der Waals surface area contributed by atoms with E-state index < -0.39 is 6.10 Å². The Morgan fingerprint density at radius 3 is 2.93 bits per heavy atom. The summed E-state index contributed by atoms with van der Waals surface area (Å²) >= 11 is 3.25. The zero-order valence-corrected chi connectivity index (χ0v) is 10.3. The van der Waals surface area contributed by atoms with E-state index >= 15 is 0 Å². The zero-order valence-electron chi connectivity index (χ0n) is 8.72. The second-order valence-corrected chi connectivity index (χ2v) is 4.34. The van der Waals surface area contributed by atoms with Crippen LogP contribution in [0.15, 0.2) is 10.7 Å². The van der Waals surface area contributed by atoms with Crippen LogP contribution in [0, 0.1) is 0 Å². The van der Waals surface area contributed by atoms with Gasteiger partial charge in [-0.1, -0.05) is 0 Å². The Kier molecular flexibility index (Phi) is 4.44. The first-order valence-electron chi connectivity index (χ1n) is 4.55. The third kappa shape index (κ3) is 3.12. The van der Waals surface area contributed by atoms with E-state index in [0.717, 1.165) is 6.54 Å². The van der Waals surface area contributed by atoms with Crippen molar-refractivity contribution < 1.29 is 9.90 Å². The van der Waals surface area contributed by atoms with Gasteiger partial charge in [-0.3, -0.25) is 4.68 Å². The Labute approximate surface area is 96.8 Å². The van der Waals surface area contributed by atoms with Gasteiger partial charge in [0, 0.05) is 6.54 Å². The molecule has 1 unspecified atom stereocenters. The molecule has 6 heteroatoms. The fourth-order valence-electron chi connectivity index (χ4n) is 1.20. The van der Waals surface area contributed by atoms with Crippen LogP contribution in [0.2, 0.25) is 0 Å². The number of likely N-dealkylation sites (N-methyl/N-ethyl adjacent to an activating group) is 1. The number of rotatable bonds is 5. The second-order valence-electron chi connectivity index (χ2n) is 3.49. The van der Waals surface area contributed by atoms with E-state index in [1.54, 1.807) is 10.9 Å². The molecular formula is C9H14BrN3O2. The molecule has 0 fully saturated rings. The Bertz CT molecular complexity index is 338. The van der Waals surface area contributed by atoms with Gasteiger partial charge in [-0.2, -0.15) is 5.10 Å². The number of aliphatic hydroxyl groups excluding tert-OH is 1. The van der Waals surface area contributed by atoms with Crippen LogP contribution >= 0.6 is 15.9 Å². The van der Waals surface area contributed by atoms with Gasteiger partial charge in [0.1, 0.15) is 0 Å². The number of aliphatic hydroxyl groups is 1. The van der Waals surface area contributed by atoms with Crippen LogP contribution in [0.5, 0.6) is 0 Å². The minimum atomic E-state index is -1.12. The molecule has 0 aliphatic carbocycles. The van der Waals surface area contributed by atoms with Gasteiger partial charge in [0.25, 0.3) is 0 Å². The lowest BCUT2D eigenvalue weighted by molar-refractivity contribution is -0.115. The topological polar surface area (TPSA) is 58.4 Å². The van der Waals surface area contributed by atoms with Crippen molar-refractivity contribution in [3.05, 3.63) is 16.4 Å². The molecule has 0 radical (unpaired) electrons. The Balaban J connectivity index is 2.83. The van der Waals surface area contributed by atoms with Gasteiger partial charge in [0.05, 0.1) is 22.9 Å². The molecule has 1 aromatic heterocycles. The predicted molar refractivity (Wildman–Crippen MR) is 59.5 cm³/mol. The van der Waals surface area contributed by atoms with Crippen molar-refractivity contribution in [1.82, 2.24) is 14.7 Å². The van der Waals surface area contributed by atoms with Crippen LogP contribution in [0.4, 0.5) is 0 Å². The number of nitrogens with zero attached hydrogens (tertiary/aromatic N) is 3. The van der Waals surface area contributed by atoms with Crippen molar-refractivity contribution in [3.8, 4) is 0 Å². The number of carbonyl (C=O) groups is 1. The van der Waals surface area contributed by atoms with Gasteiger partial charge in [-0.15, -0.1) is 0 Å². The molecular weight excluding hydrogens is 262 g/mol. The number of aromatic nitrogens is 2. The van der Waals surface area contributed by atoms with E-state index in [1.807, 2.05) is 19.0 Å². The highest BCUT2D eigenvalue weighted by atomic mass is 79.9. The highest BCUT2D eigenvalue weighted by Crippen LogP contribution is 2.21. The summed E-state index contributed by atoms with van der Waals surface area (Å²) < 4.78 is 2.28. The van der Waals surface area contributed by atoms with Crippen molar-refractivity contribution in [2.45, 2.75) is 12.6 Å². The molecule has 0 aromatic carbocycles. The van der Waals surface area contributed by atoms with Crippen LogP contribution in [-0.4, -0.2) is 46.7 Å². The third-order valence-corrected chi connectivity index (χ3v) is 2.61. The van der Waals surface area contributed by atoms with E-state index in [1.165, 1.54) is 0 Å². The Morgan fingerprint density at radius 2 is 2.40 bits per heavy atom. The first kappa shape index (κ1) is 12.4. The highest BCUT2D eigenvalue weighted by Gasteiger charge is 2.16. The van der Waals surface area contributed by atoms with E-state index in [2.05, 4.69) is 21.0 Å². The number of hydrogen-bond acceptors (Lipinski definition) is 4. The van der Waals surface area contributed by atoms with Crippen molar-refractivity contribution in [2.75, 3.05) is 20.6 Å². The standard InChI is InChI=1S/C9H14BrN3O2/c1-12(2)3-4-13-9(8(15)6-14)7(10)5-11-13/h5-6,8,15H,3-4H2,1-2H3. The summed E-state index contributed by atoms with van der Waals surface area (Å²) in [5.41, 5.74) is 0.506. The molecule has 15 heavy (non-hydrogen) atoms. The van der Waals surface area contributed by atoms with E-state index in [-0.39, 0.29) is 0 Å². The molecule has 0 amide bonds. The summed E-state index contributed by atoms with van der Waals surface area (Å²) in [4.78, 5) is 12.5. The third-order valence-electron chi connectivity index (χ3n) is 2.00. The first-order chi connectivity index (χ1) is 7.06. The fraction of sp³-hybridized carbons (Fsp3) is 0.556. The summed E-state index contributed by atoms with van der Waals surface area (Å²) in [5, 5.41) is 13.6. The minimum Gasteiger partial charge on any atom is -0.379 e. The first-order valence-corrected chi connectivity index (χ1v) is 5.35. The molecule has 1 aromatic rings. The largest absolute Gasteiger partial charge is 0.379 e. The zero-order chi connectivity index (χ0) is 11.4. The maximum absolute atomic E-state index is 10.5. The lowest BCUT2D eigenvalue weighted by Crippen LogP contribution is -2.21. The van der Waals surface area contributed by atoms with Crippen molar-refractivity contribution in [2.24, 2.45) is 0 Å². The number of aldehydes is 1. The van der Waals surface area contributed by atoms with Gasteiger partial charge >= 0.3 is 0 Å². The van der Waals surface area contributed by atoms with Crippen LogP contribution in [0.1, 0.15) is 11.8 Å². The van der Waals surface area contributed by atoms with Crippen LogP contribution in [0.25, 0.3) is 0 Å². The molecule has 84 valence electrons. The van der Waals surface area contributed by atoms with E-state index in [9.17, 15) is 9.90 Å². The van der Waals surface area contributed by atoms with Gasteiger partial charge < -0.3 is 14.8 Å². The number of halogens is 1. The molecule has 1 atom stereocenters. The normalized spacial score (nSPS) is 13.1. The Morgan fingerprint density at radius 1 is 1.73 bits per heavy atom. The number of carbonyl (C=O) groups excluding carboxylic acids is 1. The van der Waals surface area contributed by atoms with Crippen LogP contribution in [0.3, 0.4) is 0 Å². The highest BCUT2D eigenvalue weighted by molar-refractivity contribution is 9.10. The molecule has 1 N–H and O–H groups in total. The quantitative estimate of drug-likeness (QED) is 0.793. The summed E-state index contributed by atoms with van der Waals surface area (Å²) in [5.74, 6) is 0. The maximum Gasteiger partial charge on any atom is 0.154 e. The summed E-state index contributed by atoms with van der Waals surface area (Å²) in [7, 11) is 3.91. The van der Waals surface area contributed by atoms with Crippen LogP contribution < -0.4 is 0 Å². The second kappa shape index (κ2) is 5.39. The van der Waals surface area contributed by atoms with E-state index in [4.69, 9.17) is 0 Å². The van der Waals surface area contributed by atoms with E-state index in [0.29, 0.717) is 23.0 Å². The fourth-order valence-corrected chi connectivity index (χ4v) is 1.73. The molecule has 0 spiro atoms. The molecule has 0 bridgehead atoms.